The molecular weight excluding hydrogens is 310 g/mol. The zero-order chi connectivity index (χ0) is 17.9. The summed E-state index contributed by atoms with van der Waals surface area (Å²) in [7, 11) is 1.79. The van der Waals surface area contributed by atoms with Crippen LogP contribution in [-0.2, 0) is 6.54 Å². The number of aromatic nitrogens is 3. The van der Waals surface area contributed by atoms with Gasteiger partial charge < -0.3 is 10.6 Å². The zero-order valence-electron chi connectivity index (χ0n) is 14.4. The van der Waals surface area contributed by atoms with Gasteiger partial charge in [-0.2, -0.15) is 0 Å². The number of hydrogen-bond donors (Lipinski definition) is 3. The van der Waals surface area contributed by atoms with E-state index in [-0.39, 0.29) is 28.4 Å². The quantitative estimate of drug-likeness (QED) is 0.653. The number of aromatic amines is 1. The van der Waals surface area contributed by atoms with Crippen molar-refractivity contribution in [3.05, 3.63) is 38.2 Å². The summed E-state index contributed by atoms with van der Waals surface area (Å²) in [5, 5.41) is 5.85. The Labute approximate surface area is 139 Å². The maximum Gasteiger partial charge on any atom is 0.329 e. The summed E-state index contributed by atoms with van der Waals surface area (Å²) in [4.78, 5) is 43.6. The van der Waals surface area contributed by atoms with Gasteiger partial charge in [0.25, 0.3) is 11.5 Å². The summed E-state index contributed by atoms with van der Waals surface area (Å²) in [6, 6.07) is 1.63. The van der Waals surface area contributed by atoms with Crippen LogP contribution in [0.4, 0.5) is 0 Å². The monoisotopic (exact) mass is 333 g/mol. The van der Waals surface area contributed by atoms with E-state index >= 15 is 0 Å². The molecule has 0 aliphatic carbocycles. The largest absolute Gasteiger partial charge is 0.351 e. The lowest BCUT2D eigenvalue weighted by Gasteiger charge is -2.14. The molecule has 0 aliphatic heterocycles. The van der Waals surface area contributed by atoms with Gasteiger partial charge in [-0.25, -0.2) is 9.78 Å². The fourth-order valence-corrected chi connectivity index (χ4v) is 2.46. The third-order valence-electron chi connectivity index (χ3n) is 3.78. The predicted molar refractivity (Wildman–Crippen MR) is 92.6 cm³/mol. The average molecular weight is 333 g/mol. The van der Waals surface area contributed by atoms with E-state index in [9.17, 15) is 14.4 Å². The van der Waals surface area contributed by atoms with E-state index in [1.54, 1.807) is 20.0 Å². The molecule has 2 aromatic rings. The van der Waals surface area contributed by atoms with Crippen molar-refractivity contribution < 1.29 is 4.79 Å². The van der Waals surface area contributed by atoms with Crippen molar-refractivity contribution in [3.8, 4) is 0 Å². The lowest BCUT2D eigenvalue weighted by molar-refractivity contribution is 0.0955. The van der Waals surface area contributed by atoms with Gasteiger partial charge in [-0.05, 0) is 26.0 Å². The van der Waals surface area contributed by atoms with Gasteiger partial charge in [-0.3, -0.25) is 19.1 Å². The minimum absolute atomic E-state index is 0.0537. The third-order valence-corrected chi connectivity index (χ3v) is 3.78. The number of fused-ring (bicyclic) bond motifs is 1. The van der Waals surface area contributed by atoms with Gasteiger partial charge in [0.15, 0.2) is 5.65 Å². The normalized spacial score (nSPS) is 11.2. The first kappa shape index (κ1) is 17.9. The van der Waals surface area contributed by atoms with Crippen LogP contribution >= 0.6 is 0 Å². The highest BCUT2D eigenvalue weighted by Gasteiger charge is 2.19. The second-order valence-corrected chi connectivity index (χ2v) is 5.81. The van der Waals surface area contributed by atoms with E-state index in [1.165, 1.54) is 4.57 Å². The number of carbonyl (C=O) groups excluding carboxylic acids is 1. The minimum Gasteiger partial charge on any atom is -0.351 e. The van der Waals surface area contributed by atoms with Crippen molar-refractivity contribution in [1.82, 2.24) is 25.2 Å². The van der Waals surface area contributed by atoms with Crippen LogP contribution in [0.25, 0.3) is 11.0 Å². The standard InChI is InChI=1S/C16H23N5O3/c1-5-21-13-12(15(23)20-16(21)24)10(8-11(19-13)9(2)3)14(22)18-7-6-17-4/h8-9,17H,5-7H2,1-4H3,(H,18,22)(H,20,23,24). The first-order valence-electron chi connectivity index (χ1n) is 8.01. The number of hydrogen-bond acceptors (Lipinski definition) is 5. The van der Waals surface area contributed by atoms with E-state index in [4.69, 9.17) is 0 Å². The summed E-state index contributed by atoms with van der Waals surface area (Å²) in [6.07, 6.45) is 0. The topological polar surface area (TPSA) is 109 Å². The molecule has 24 heavy (non-hydrogen) atoms. The SMILES string of the molecule is CCn1c(=O)[nH]c(=O)c2c(C(=O)NCCNC)cc(C(C)C)nc21. The fourth-order valence-electron chi connectivity index (χ4n) is 2.46. The molecule has 0 aromatic carbocycles. The molecule has 3 N–H and O–H groups in total. The van der Waals surface area contributed by atoms with Crippen molar-refractivity contribution in [2.24, 2.45) is 0 Å². The molecule has 0 spiro atoms. The van der Waals surface area contributed by atoms with E-state index in [0.717, 1.165) is 0 Å². The van der Waals surface area contributed by atoms with Gasteiger partial charge in [-0.1, -0.05) is 13.8 Å². The molecule has 130 valence electrons. The van der Waals surface area contributed by atoms with Crippen LogP contribution in [0, 0.1) is 0 Å². The highest BCUT2D eigenvalue weighted by molar-refractivity contribution is 6.05. The average Bonchev–Trinajstić information content (AvgIpc) is 2.54. The van der Waals surface area contributed by atoms with Gasteiger partial charge in [0.1, 0.15) is 0 Å². The molecule has 0 aliphatic rings. The molecule has 2 aromatic heterocycles. The number of nitrogens with zero attached hydrogens (tertiary/aromatic N) is 2. The maximum atomic E-state index is 12.5. The smallest absolute Gasteiger partial charge is 0.329 e. The number of likely N-dealkylation sites (N-methyl/N-ethyl adjacent to an activating group) is 1. The minimum atomic E-state index is -0.596. The molecular formula is C16H23N5O3. The molecule has 0 bridgehead atoms. The number of amides is 1. The summed E-state index contributed by atoms with van der Waals surface area (Å²) >= 11 is 0. The second kappa shape index (κ2) is 7.39. The Balaban J connectivity index is 2.75. The highest BCUT2D eigenvalue weighted by Crippen LogP contribution is 2.19. The predicted octanol–water partition coefficient (Wildman–Crippen LogP) is 0.177. The molecule has 1 amide bonds. The van der Waals surface area contributed by atoms with E-state index < -0.39 is 11.2 Å². The van der Waals surface area contributed by atoms with Crippen molar-refractivity contribution >= 4 is 16.9 Å². The van der Waals surface area contributed by atoms with Crippen molar-refractivity contribution in [2.75, 3.05) is 20.1 Å². The first-order valence-corrected chi connectivity index (χ1v) is 8.01. The summed E-state index contributed by atoms with van der Waals surface area (Å²) in [6.45, 7) is 7.07. The number of rotatable bonds is 6. The van der Waals surface area contributed by atoms with Gasteiger partial charge >= 0.3 is 5.69 Å². The highest BCUT2D eigenvalue weighted by atomic mass is 16.2. The third kappa shape index (κ3) is 3.38. The Morgan fingerprint density at radius 2 is 2.04 bits per heavy atom. The van der Waals surface area contributed by atoms with Gasteiger partial charge in [-0.15, -0.1) is 0 Å². The molecule has 8 heteroatoms. The summed E-state index contributed by atoms with van der Waals surface area (Å²) < 4.78 is 1.37. The molecule has 2 rings (SSSR count). The van der Waals surface area contributed by atoms with Crippen molar-refractivity contribution in [3.63, 3.8) is 0 Å². The second-order valence-electron chi connectivity index (χ2n) is 5.81. The van der Waals surface area contributed by atoms with E-state index in [0.29, 0.717) is 25.3 Å². The Bertz CT molecular complexity index is 866. The van der Waals surface area contributed by atoms with Gasteiger partial charge in [0, 0.05) is 25.3 Å². The molecule has 8 nitrogen and oxygen atoms in total. The Morgan fingerprint density at radius 1 is 1.33 bits per heavy atom. The van der Waals surface area contributed by atoms with Crippen LogP contribution in [0.5, 0.6) is 0 Å². The van der Waals surface area contributed by atoms with Crippen LogP contribution in [0.2, 0.25) is 0 Å². The Kier molecular flexibility index (Phi) is 5.50. The van der Waals surface area contributed by atoms with Crippen LogP contribution in [-0.4, -0.2) is 40.6 Å². The van der Waals surface area contributed by atoms with Crippen LogP contribution in [0.1, 0.15) is 42.7 Å². The number of aryl methyl sites for hydroxylation is 1. The van der Waals surface area contributed by atoms with E-state index in [1.807, 2.05) is 13.8 Å². The molecule has 0 saturated carbocycles. The summed E-state index contributed by atoms with van der Waals surface area (Å²) in [5.74, 6) is -0.302. The Hall–Kier alpha value is -2.48. The number of nitrogens with one attached hydrogen (secondary N) is 3. The lowest BCUT2D eigenvalue weighted by atomic mass is 10.0. The van der Waals surface area contributed by atoms with Gasteiger partial charge in [0.05, 0.1) is 10.9 Å². The maximum absolute atomic E-state index is 12.5. The van der Waals surface area contributed by atoms with Crippen molar-refractivity contribution in [1.29, 1.82) is 0 Å². The number of pyridine rings is 1. The van der Waals surface area contributed by atoms with Gasteiger partial charge in [0.2, 0.25) is 0 Å². The zero-order valence-corrected chi connectivity index (χ0v) is 14.4. The number of H-pyrrole nitrogens is 1. The molecule has 0 radical (unpaired) electrons. The van der Waals surface area contributed by atoms with Crippen LogP contribution in [0.15, 0.2) is 15.7 Å². The molecule has 0 atom stereocenters. The Morgan fingerprint density at radius 3 is 2.62 bits per heavy atom. The summed E-state index contributed by atoms with van der Waals surface area (Å²) in [5.41, 5.74) is 0.0270. The van der Waals surface area contributed by atoms with Crippen molar-refractivity contribution in [2.45, 2.75) is 33.2 Å². The lowest BCUT2D eigenvalue weighted by Crippen LogP contribution is -2.34. The fraction of sp³-hybridized carbons (Fsp3) is 0.500. The molecule has 0 saturated heterocycles. The first-order chi connectivity index (χ1) is 11.4. The molecule has 0 unspecified atom stereocenters. The van der Waals surface area contributed by atoms with Crippen LogP contribution in [0.3, 0.4) is 0 Å². The molecule has 0 fully saturated rings. The number of carbonyl (C=O) groups is 1. The molecule has 2 heterocycles. The van der Waals surface area contributed by atoms with E-state index in [2.05, 4.69) is 20.6 Å². The van der Waals surface area contributed by atoms with Crippen LogP contribution < -0.4 is 21.9 Å².